The molecule has 0 aliphatic carbocycles. The third-order valence-corrected chi connectivity index (χ3v) is 5.48. The van der Waals surface area contributed by atoms with E-state index in [0.29, 0.717) is 29.4 Å². The lowest BCUT2D eigenvalue weighted by atomic mass is 10.0. The van der Waals surface area contributed by atoms with E-state index in [4.69, 9.17) is 32.7 Å². The molecule has 33 heavy (non-hydrogen) atoms. The highest BCUT2D eigenvalue weighted by molar-refractivity contribution is 6.30. The average Bonchev–Trinajstić information content (AvgIpc) is 2.72. The second-order valence-electron chi connectivity index (χ2n) is 8.98. The molecule has 0 aliphatic heterocycles. The molecule has 8 heteroatoms. The van der Waals surface area contributed by atoms with Gasteiger partial charge in [0.05, 0.1) is 7.11 Å². The number of esters is 1. The van der Waals surface area contributed by atoms with E-state index in [1.165, 1.54) is 7.11 Å². The van der Waals surface area contributed by atoms with E-state index in [-0.39, 0.29) is 12.0 Å². The number of ether oxygens (including phenoxy) is 2. The van der Waals surface area contributed by atoms with E-state index in [2.05, 4.69) is 5.32 Å². The second-order valence-corrected chi connectivity index (χ2v) is 9.86. The lowest BCUT2D eigenvalue weighted by Gasteiger charge is -2.31. The van der Waals surface area contributed by atoms with Gasteiger partial charge in [0.15, 0.2) is 0 Å². The number of benzene rings is 2. The van der Waals surface area contributed by atoms with E-state index in [1.807, 2.05) is 69.1 Å². The van der Waals surface area contributed by atoms with Gasteiger partial charge in [0.2, 0.25) is 0 Å². The zero-order valence-electron chi connectivity index (χ0n) is 19.7. The fourth-order valence-electron chi connectivity index (χ4n) is 3.41. The standard InChI is InChI=1S/C25H32Cl2N2O4/c1-25(2,3)33-24(31)28-21(14-17-6-10-19(26)11-7-17)16-29(4)22(23(30)32-5)15-18-8-12-20(27)13-9-18/h6-13,21-22H,14-16H2,1-5H3,(H,28,31)/t21-,22-/m0/s1. The first-order valence-corrected chi connectivity index (χ1v) is 11.5. The molecule has 0 aromatic heterocycles. The molecule has 0 radical (unpaired) electrons. The third kappa shape index (κ3) is 9.62. The Morgan fingerprint density at radius 2 is 1.42 bits per heavy atom. The van der Waals surface area contributed by atoms with Gasteiger partial charge in [-0.3, -0.25) is 9.69 Å². The molecule has 2 atom stereocenters. The van der Waals surface area contributed by atoms with Crippen LogP contribution in [-0.2, 0) is 27.1 Å². The predicted octanol–water partition coefficient (Wildman–Crippen LogP) is 5.15. The Labute approximate surface area is 206 Å². The lowest BCUT2D eigenvalue weighted by Crippen LogP contribution is -2.50. The molecule has 0 unspecified atom stereocenters. The molecule has 2 rings (SSSR count). The summed E-state index contributed by atoms with van der Waals surface area (Å²) in [4.78, 5) is 27.0. The van der Waals surface area contributed by atoms with Gasteiger partial charge in [-0.1, -0.05) is 47.5 Å². The molecule has 0 fully saturated rings. The zero-order valence-corrected chi connectivity index (χ0v) is 21.2. The van der Waals surface area contributed by atoms with Crippen molar-refractivity contribution < 1.29 is 19.1 Å². The second kappa shape index (κ2) is 12.3. The van der Waals surface area contributed by atoms with E-state index in [1.54, 1.807) is 12.1 Å². The SMILES string of the molecule is COC(=O)[C@H](Cc1ccc(Cl)cc1)N(C)C[C@H](Cc1ccc(Cl)cc1)NC(=O)OC(C)(C)C. The Bertz CT molecular complexity index is 911. The third-order valence-electron chi connectivity index (χ3n) is 4.97. The summed E-state index contributed by atoms with van der Waals surface area (Å²) in [6.45, 7) is 5.83. The van der Waals surface area contributed by atoms with Gasteiger partial charge in [-0.2, -0.15) is 0 Å². The highest BCUT2D eigenvalue weighted by Gasteiger charge is 2.28. The van der Waals surface area contributed by atoms with Crippen LogP contribution in [0.2, 0.25) is 10.0 Å². The molecule has 0 bridgehead atoms. The summed E-state index contributed by atoms with van der Waals surface area (Å²) in [6, 6.07) is 13.9. The molecule has 0 saturated heterocycles. The van der Waals surface area contributed by atoms with Crippen molar-refractivity contribution in [1.29, 1.82) is 0 Å². The molecule has 2 aromatic rings. The van der Waals surface area contributed by atoms with Crippen molar-refractivity contribution in [1.82, 2.24) is 10.2 Å². The van der Waals surface area contributed by atoms with Crippen molar-refractivity contribution >= 4 is 35.3 Å². The Morgan fingerprint density at radius 1 is 0.939 bits per heavy atom. The van der Waals surface area contributed by atoms with Crippen molar-refractivity contribution in [3.05, 3.63) is 69.7 Å². The molecule has 180 valence electrons. The summed E-state index contributed by atoms with van der Waals surface area (Å²) in [7, 11) is 3.21. The predicted molar refractivity (Wildman–Crippen MR) is 132 cm³/mol. The summed E-state index contributed by atoms with van der Waals surface area (Å²) in [6.07, 6.45) is 0.470. The van der Waals surface area contributed by atoms with Crippen molar-refractivity contribution in [3.8, 4) is 0 Å². The van der Waals surface area contributed by atoms with Crippen LogP contribution in [0.5, 0.6) is 0 Å². The Hall–Kier alpha value is -2.28. The smallest absolute Gasteiger partial charge is 0.407 e. The van der Waals surface area contributed by atoms with E-state index < -0.39 is 17.7 Å². The van der Waals surface area contributed by atoms with Crippen LogP contribution in [0.15, 0.2) is 48.5 Å². The number of hydrogen-bond donors (Lipinski definition) is 1. The molecule has 6 nitrogen and oxygen atoms in total. The normalized spacial score (nSPS) is 13.3. The number of alkyl carbamates (subject to hydrolysis) is 1. The van der Waals surface area contributed by atoms with Gasteiger partial charge in [-0.15, -0.1) is 0 Å². The van der Waals surface area contributed by atoms with Crippen molar-refractivity contribution in [2.45, 2.75) is 51.3 Å². The summed E-state index contributed by atoms with van der Waals surface area (Å²) in [5.41, 5.74) is 1.33. The largest absolute Gasteiger partial charge is 0.468 e. The van der Waals surface area contributed by atoms with Gasteiger partial charge in [0.25, 0.3) is 0 Å². The van der Waals surface area contributed by atoms with Gasteiger partial charge in [-0.05, 0) is 76.1 Å². The van der Waals surface area contributed by atoms with Crippen LogP contribution in [0.1, 0.15) is 31.9 Å². The highest BCUT2D eigenvalue weighted by atomic mass is 35.5. The number of nitrogens with one attached hydrogen (secondary N) is 1. The number of methoxy groups -OCH3 is 1. The number of rotatable bonds is 9. The van der Waals surface area contributed by atoms with E-state index in [9.17, 15) is 9.59 Å². The number of halogens is 2. The van der Waals surface area contributed by atoms with Crippen LogP contribution in [0, 0.1) is 0 Å². The van der Waals surface area contributed by atoms with Gasteiger partial charge >= 0.3 is 12.1 Å². The van der Waals surface area contributed by atoms with Crippen molar-refractivity contribution in [2.24, 2.45) is 0 Å². The highest BCUT2D eigenvalue weighted by Crippen LogP contribution is 2.16. The topological polar surface area (TPSA) is 67.9 Å². The number of carbonyl (C=O) groups excluding carboxylic acids is 2. The summed E-state index contributed by atoms with van der Waals surface area (Å²) in [5, 5.41) is 4.22. The number of hydrogen-bond acceptors (Lipinski definition) is 5. The maximum atomic E-state index is 12.6. The minimum absolute atomic E-state index is 0.316. The number of nitrogens with zero attached hydrogens (tertiary/aromatic N) is 1. The number of amides is 1. The minimum atomic E-state index is -0.621. The Kier molecular flexibility index (Phi) is 10.0. The van der Waals surface area contributed by atoms with Gasteiger partial charge in [-0.25, -0.2) is 4.79 Å². The fourth-order valence-corrected chi connectivity index (χ4v) is 3.67. The molecule has 0 heterocycles. The molecule has 0 saturated carbocycles. The minimum Gasteiger partial charge on any atom is -0.468 e. The van der Waals surface area contributed by atoms with Gasteiger partial charge in [0, 0.05) is 22.6 Å². The van der Waals surface area contributed by atoms with E-state index >= 15 is 0 Å². The lowest BCUT2D eigenvalue weighted by molar-refractivity contribution is -0.146. The maximum Gasteiger partial charge on any atom is 0.407 e. The van der Waals surface area contributed by atoms with Crippen LogP contribution in [0.25, 0.3) is 0 Å². The first-order chi connectivity index (χ1) is 15.5. The average molecular weight is 495 g/mol. The van der Waals surface area contributed by atoms with Crippen LogP contribution in [0.3, 0.4) is 0 Å². The van der Waals surface area contributed by atoms with E-state index in [0.717, 1.165) is 11.1 Å². The zero-order chi connectivity index (χ0) is 24.6. The molecular formula is C25H32Cl2N2O4. The van der Waals surface area contributed by atoms with Crippen LogP contribution < -0.4 is 5.32 Å². The van der Waals surface area contributed by atoms with Crippen LogP contribution in [0.4, 0.5) is 4.79 Å². The Morgan fingerprint density at radius 3 is 1.88 bits per heavy atom. The summed E-state index contributed by atoms with van der Waals surface area (Å²) in [5.74, 6) is -0.352. The van der Waals surface area contributed by atoms with Crippen LogP contribution >= 0.6 is 23.2 Å². The number of carbonyl (C=O) groups is 2. The number of likely N-dealkylation sites (N-methyl/N-ethyl adjacent to an activating group) is 1. The monoisotopic (exact) mass is 494 g/mol. The van der Waals surface area contributed by atoms with Gasteiger partial charge in [0.1, 0.15) is 11.6 Å². The molecule has 0 aliphatic rings. The summed E-state index contributed by atoms with van der Waals surface area (Å²) < 4.78 is 10.5. The summed E-state index contributed by atoms with van der Waals surface area (Å²) >= 11 is 12.0. The van der Waals surface area contributed by atoms with Crippen molar-refractivity contribution in [3.63, 3.8) is 0 Å². The quantitative estimate of drug-likeness (QED) is 0.488. The maximum absolute atomic E-state index is 12.6. The van der Waals surface area contributed by atoms with Crippen LogP contribution in [-0.4, -0.2) is 55.3 Å². The van der Waals surface area contributed by atoms with Crippen molar-refractivity contribution in [2.75, 3.05) is 20.7 Å². The first kappa shape index (κ1) is 27.0. The molecule has 1 amide bonds. The Balaban J connectivity index is 2.19. The van der Waals surface area contributed by atoms with Gasteiger partial charge < -0.3 is 14.8 Å². The first-order valence-electron chi connectivity index (χ1n) is 10.7. The molecule has 1 N–H and O–H groups in total. The fraction of sp³-hybridized carbons (Fsp3) is 0.440. The molecular weight excluding hydrogens is 463 g/mol. The molecule has 0 spiro atoms. The molecule has 2 aromatic carbocycles.